The van der Waals surface area contributed by atoms with Crippen LogP contribution in [0.5, 0.6) is 0 Å². The van der Waals surface area contributed by atoms with Crippen LogP contribution >= 0.6 is 11.8 Å². The summed E-state index contributed by atoms with van der Waals surface area (Å²) < 4.78 is 0. The molecule has 5 heteroatoms. The summed E-state index contributed by atoms with van der Waals surface area (Å²) in [5.74, 6) is 1.84. The Kier molecular flexibility index (Phi) is 6.08. The predicted molar refractivity (Wildman–Crippen MR) is 89.1 cm³/mol. The zero-order valence-electron chi connectivity index (χ0n) is 13.1. The second-order valence-corrected chi connectivity index (χ2v) is 6.80. The maximum absolute atomic E-state index is 12.1. The first-order chi connectivity index (χ1) is 10.1. The smallest absolute Gasteiger partial charge is 0.238 e. The van der Waals surface area contributed by atoms with Gasteiger partial charge in [0.2, 0.25) is 5.91 Å². The van der Waals surface area contributed by atoms with Crippen LogP contribution in [0, 0.1) is 0 Å². The van der Waals surface area contributed by atoms with Crippen molar-refractivity contribution in [2.45, 2.75) is 39.0 Å². The van der Waals surface area contributed by atoms with Gasteiger partial charge in [0.05, 0.1) is 6.04 Å². The van der Waals surface area contributed by atoms with Crippen molar-refractivity contribution in [3.8, 4) is 0 Å². The van der Waals surface area contributed by atoms with Crippen molar-refractivity contribution in [2.24, 2.45) is 0 Å². The molecule has 2 N–H and O–H groups in total. The Morgan fingerprint density at radius 3 is 2.76 bits per heavy atom. The van der Waals surface area contributed by atoms with E-state index in [0.29, 0.717) is 12.6 Å². The summed E-state index contributed by atoms with van der Waals surface area (Å²) in [6.45, 7) is 5.88. The Morgan fingerprint density at radius 2 is 2.14 bits per heavy atom. The van der Waals surface area contributed by atoms with Gasteiger partial charge in [-0.25, -0.2) is 0 Å². The van der Waals surface area contributed by atoms with Crippen LogP contribution in [-0.2, 0) is 17.9 Å². The van der Waals surface area contributed by atoms with Crippen LogP contribution in [0.15, 0.2) is 24.3 Å². The predicted octanol–water partition coefficient (Wildman–Crippen LogP) is 1.81. The third-order valence-corrected chi connectivity index (χ3v) is 4.85. The minimum Gasteiger partial charge on any atom is -0.351 e. The third kappa shape index (κ3) is 4.73. The number of thioether (sulfide) groups is 1. The standard InChI is InChI=1S/C16H25N3OS/c1-12(2)19(3)9-14-7-5-4-6-13(14)8-17-16(20)15-10-21-11-18-15/h4-7,12,15,18H,8-11H2,1-3H3,(H,17,20). The lowest BCUT2D eigenvalue weighted by Crippen LogP contribution is -2.41. The summed E-state index contributed by atoms with van der Waals surface area (Å²) in [6, 6.07) is 8.80. The number of nitrogens with one attached hydrogen (secondary N) is 2. The maximum Gasteiger partial charge on any atom is 0.238 e. The molecular weight excluding hydrogens is 282 g/mol. The van der Waals surface area contributed by atoms with Crippen molar-refractivity contribution in [3.05, 3.63) is 35.4 Å². The summed E-state index contributed by atoms with van der Waals surface area (Å²) in [6.07, 6.45) is 0. The highest BCUT2D eigenvalue weighted by Gasteiger charge is 2.22. The van der Waals surface area contributed by atoms with E-state index in [1.54, 1.807) is 11.8 Å². The lowest BCUT2D eigenvalue weighted by atomic mass is 10.1. The Balaban J connectivity index is 1.94. The van der Waals surface area contributed by atoms with Gasteiger partial charge in [-0.15, -0.1) is 11.8 Å². The Morgan fingerprint density at radius 1 is 1.43 bits per heavy atom. The van der Waals surface area contributed by atoms with Crippen LogP contribution in [0.2, 0.25) is 0 Å². The number of rotatable bonds is 6. The molecule has 1 unspecified atom stereocenters. The van der Waals surface area contributed by atoms with Gasteiger partial charge in [0.25, 0.3) is 0 Å². The molecule has 116 valence electrons. The van der Waals surface area contributed by atoms with Crippen LogP contribution in [0.4, 0.5) is 0 Å². The summed E-state index contributed by atoms with van der Waals surface area (Å²) in [4.78, 5) is 14.4. The van der Waals surface area contributed by atoms with Crippen molar-refractivity contribution in [1.82, 2.24) is 15.5 Å². The van der Waals surface area contributed by atoms with Gasteiger partial charge in [0, 0.05) is 30.8 Å². The Bertz CT molecular complexity index is 472. The van der Waals surface area contributed by atoms with Crippen molar-refractivity contribution in [1.29, 1.82) is 0 Å². The monoisotopic (exact) mass is 307 g/mol. The molecule has 1 aliphatic rings. The van der Waals surface area contributed by atoms with Gasteiger partial charge in [-0.05, 0) is 32.0 Å². The summed E-state index contributed by atoms with van der Waals surface area (Å²) in [5.41, 5.74) is 2.48. The largest absolute Gasteiger partial charge is 0.351 e. The molecule has 0 bridgehead atoms. The first-order valence-electron chi connectivity index (χ1n) is 7.43. The van der Waals surface area contributed by atoms with Gasteiger partial charge in [-0.3, -0.25) is 15.0 Å². The Hall–Kier alpha value is -1.04. The molecule has 0 saturated carbocycles. The lowest BCUT2D eigenvalue weighted by molar-refractivity contribution is -0.122. The van der Waals surface area contributed by atoms with Crippen molar-refractivity contribution in [2.75, 3.05) is 18.7 Å². The molecule has 0 aromatic heterocycles. The van der Waals surface area contributed by atoms with E-state index in [9.17, 15) is 4.79 Å². The molecule has 4 nitrogen and oxygen atoms in total. The van der Waals surface area contributed by atoms with Gasteiger partial charge in [-0.1, -0.05) is 24.3 Å². The fraction of sp³-hybridized carbons (Fsp3) is 0.562. The molecule has 0 aliphatic carbocycles. The molecule has 1 aliphatic heterocycles. The number of carbonyl (C=O) groups excluding carboxylic acids is 1. The summed E-state index contributed by atoms with van der Waals surface area (Å²) >= 11 is 1.77. The molecular formula is C16H25N3OS. The maximum atomic E-state index is 12.1. The van der Waals surface area contributed by atoms with Gasteiger partial charge in [0.1, 0.15) is 0 Å². The van der Waals surface area contributed by atoms with Gasteiger partial charge in [0.15, 0.2) is 0 Å². The van der Waals surface area contributed by atoms with Gasteiger partial charge in [-0.2, -0.15) is 0 Å². The molecule has 1 heterocycles. The first-order valence-corrected chi connectivity index (χ1v) is 8.59. The molecule has 1 amide bonds. The van der Waals surface area contributed by atoms with E-state index in [2.05, 4.69) is 54.6 Å². The second kappa shape index (κ2) is 7.82. The van der Waals surface area contributed by atoms with Gasteiger partial charge < -0.3 is 5.32 Å². The average molecular weight is 307 g/mol. The molecule has 1 fully saturated rings. The molecule has 1 aromatic carbocycles. The second-order valence-electron chi connectivity index (χ2n) is 5.77. The fourth-order valence-electron chi connectivity index (χ4n) is 2.20. The van der Waals surface area contributed by atoms with Crippen molar-refractivity contribution >= 4 is 17.7 Å². The molecule has 0 spiro atoms. The number of benzene rings is 1. The van der Waals surface area contributed by atoms with Crippen molar-refractivity contribution < 1.29 is 4.79 Å². The SMILES string of the molecule is CC(C)N(C)Cc1ccccc1CNC(=O)C1CSCN1. The highest BCUT2D eigenvalue weighted by atomic mass is 32.2. The zero-order valence-corrected chi connectivity index (χ0v) is 13.9. The number of carbonyl (C=O) groups is 1. The van der Waals surface area contributed by atoms with E-state index in [-0.39, 0.29) is 11.9 Å². The van der Waals surface area contributed by atoms with E-state index in [1.165, 1.54) is 11.1 Å². The molecule has 1 saturated heterocycles. The van der Waals surface area contributed by atoms with Crippen LogP contribution in [0.3, 0.4) is 0 Å². The first kappa shape index (κ1) is 16.3. The third-order valence-electron chi connectivity index (χ3n) is 3.91. The number of amides is 1. The molecule has 0 radical (unpaired) electrons. The molecule has 2 rings (SSSR count). The number of nitrogens with zero attached hydrogens (tertiary/aromatic N) is 1. The fourth-order valence-corrected chi connectivity index (χ4v) is 3.15. The van der Waals surface area contributed by atoms with E-state index in [1.807, 2.05) is 6.07 Å². The van der Waals surface area contributed by atoms with Crippen molar-refractivity contribution in [3.63, 3.8) is 0 Å². The normalized spacial score (nSPS) is 18.4. The lowest BCUT2D eigenvalue weighted by Gasteiger charge is -2.22. The summed E-state index contributed by atoms with van der Waals surface area (Å²) in [7, 11) is 2.12. The zero-order chi connectivity index (χ0) is 15.2. The number of hydrogen-bond donors (Lipinski definition) is 2. The minimum absolute atomic E-state index is 0.0412. The van der Waals surface area contributed by atoms with E-state index in [0.717, 1.165) is 18.2 Å². The molecule has 21 heavy (non-hydrogen) atoms. The highest BCUT2D eigenvalue weighted by molar-refractivity contribution is 7.99. The molecule has 1 aromatic rings. The minimum atomic E-state index is -0.0412. The van der Waals surface area contributed by atoms with Crippen LogP contribution in [-0.4, -0.2) is 41.6 Å². The van der Waals surface area contributed by atoms with Crippen LogP contribution in [0.25, 0.3) is 0 Å². The quantitative estimate of drug-likeness (QED) is 0.841. The Labute approximate surface area is 131 Å². The van der Waals surface area contributed by atoms with E-state index in [4.69, 9.17) is 0 Å². The summed E-state index contributed by atoms with van der Waals surface area (Å²) in [5, 5.41) is 6.25. The van der Waals surface area contributed by atoms with Crippen LogP contribution in [0.1, 0.15) is 25.0 Å². The van der Waals surface area contributed by atoms with Gasteiger partial charge >= 0.3 is 0 Å². The van der Waals surface area contributed by atoms with Crippen LogP contribution < -0.4 is 10.6 Å². The van der Waals surface area contributed by atoms with E-state index < -0.39 is 0 Å². The average Bonchev–Trinajstić information content (AvgIpc) is 3.00. The highest BCUT2D eigenvalue weighted by Crippen LogP contribution is 2.13. The molecule has 1 atom stereocenters. The number of hydrogen-bond acceptors (Lipinski definition) is 4. The van der Waals surface area contributed by atoms with E-state index >= 15 is 0 Å². The topological polar surface area (TPSA) is 44.4 Å².